The third-order valence-corrected chi connectivity index (χ3v) is 7.26. The summed E-state index contributed by atoms with van der Waals surface area (Å²) in [5, 5.41) is 0. The Morgan fingerprint density at radius 1 is 1.11 bits per heavy atom. The Hall–Kier alpha value is -1.72. The molecule has 4 nitrogen and oxygen atoms in total. The molecule has 150 valence electrons. The lowest BCUT2D eigenvalue weighted by molar-refractivity contribution is -0.0715. The van der Waals surface area contributed by atoms with Crippen LogP contribution < -0.4 is 0 Å². The van der Waals surface area contributed by atoms with Crippen molar-refractivity contribution >= 4 is 0 Å². The number of nitrogens with zero attached hydrogens (tertiary/aromatic N) is 4. The van der Waals surface area contributed by atoms with Gasteiger partial charge in [0, 0.05) is 50.7 Å². The van der Waals surface area contributed by atoms with Crippen LogP contribution in [0.3, 0.4) is 0 Å². The SMILES string of the molecule is Fc1cccc(C[C@H]2[C@H]3C[C@H](CN(CCn4ccnc4)C3)[C@@H]3CCCCN32)c1. The van der Waals surface area contributed by atoms with E-state index in [-0.39, 0.29) is 5.82 Å². The van der Waals surface area contributed by atoms with Crippen LogP contribution in [0.5, 0.6) is 0 Å². The van der Waals surface area contributed by atoms with Crippen molar-refractivity contribution in [1.82, 2.24) is 19.4 Å². The number of piperidine rings is 3. The summed E-state index contributed by atoms with van der Waals surface area (Å²) in [6, 6.07) is 8.54. The zero-order valence-corrected chi connectivity index (χ0v) is 16.6. The van der Waals surface area contributed by atoms with Crippen LogP contribution in [0, 0.1) is 17.7 Å². The molecule has 0 unspecified atom stereocenters. The average molecular weight is 383 g/mol. The molecule has 0 saturated carbocycles. The van der Waals surface area contributed by atoms with Crippen LogP contribution >= 0.6 is 0 Å². The van der Waals surface area contributed by atoms with Crippen LogP contribution in [0.15, 0.2) is 43.0 Å². The molecule has 0 aliphatic carbocycles. The summed E-state index contributed by atoms with van der Waals surface area (Å²) >= 11 is 0. The van der Waals surface area contributed by atoms with Crippen molar-refractivity contribution in [3.63, 3.8) is 0 Å². The van der Waals surface area contributed by atoms with Crippen molar-refractivity contribution in [3.05, 3.63) is 54.4 Å². The van der Waals surface area contributed by atoms with Gasteiger partial charge in [0.25, 0.3) is 0 Å². The second-order valence-electron chi connectivity index (χ2n) is 9.02. The van der Waals surface area contributed by atoms with Gasteiger partial charge in [0.2, 0.25) is 0 Å². The Balaban J connectivity index is 1.33. The van der Waals surface area contributed by atoms with E-state index in [1.807, 2.05) is 18.6 Å². The van der Waals surface area contributed by atoms with Crippen molar-refractivity contribution in [2.45, 2.75) is 50.7 Å². The van der Waals surface area contributed by atoms with Gasteiger partial charge in [-0.15, -0.1) is 0 Å². The Morgan fingerprint density at radius 2 is 2.04 bits per heavy atom. The summed E-state index contributed by atoms with van der Waals surface area (Å²) in [7, 11) is 0. The fraction of sp³-hybridized carbons (Fsp3) is 0.609. The number of benzene rings is 1. The Morgan fingerprint density at radius 3 is 2.89 bits per heavy atom. The predicted molar refractivity (Wildman–Crippen MR) is 109 cm³/mol. The van der Waals surface area contributed by atoms with Gasteiger partial charge in [-0.3, -0.25) is 4.90 Å². The van der Waals surface area contributed by atoms with Crippen molar-refractivity contribution in [2.24, 2.45) is 11.8 Å². The number of aromatic nitrogens is 2. The molecule has 3 saturated heterocycles. The molecular formula is C23H31FN4. The molecular weight excluding hydrogens is 351 g/mol. The quantitative estimate of drug-likeness (QED) is 0.792. The Kier molecular flexibility index (Phi) is 5.20. The van der Waals surface area contributed by atoms with E-state index in [2.05, 4.69) is 31.6 Å². The van der Waals surface area contributed by atoms with Gasteiger partial charge < -0.3 is 9.47 Å². The van der Waals surface area contributed by atoms with E-state index in [1.165, 1.54) is 45.3 Å². The minimum Gasteiger partial charge on any atom is -0.336 e. The first kappa shape index (κ1) is 18.3. The van der Waals surface area contributed by atoms with Crippen LogP contribution in [0.25, 0.3) is 0 Å². The maximum Gasteiger partial charge on any atom is 0.123 e. The lowest BCUT2D eigenvalue weighted by Gasteiger charge is -2.57. The second kappa shape index (κ2) is 7.96. The lowest BCUT2D eigenvalue weighted by Crippen LogP contribution is -2.64. The molecule has 0 spiro atoms. The van der Waals surface area contributed by atoms with Crippen LogP contribution in [0.2, 0.25) is 0 Å². The standard InChI is InChI=1S/C23H31FN4/c24-21-5-3-4-18(12-21)13-23-20-14-19(22-6-1-2-8-28(22)23)15-27(16-20)11-10-26-9-7-25-17-26/h3-5,7,9,12,17,19-20,22-23H,1-2,6,8,10-11,13-16H2/t19-,20+,22+,23+/m1/s1. The normalized spacial score (nSPS) is 30.9. The van der Waals surface area contributed by atoms with Crippen LogP contribution in [0.1, 0.15) is 31.2 Å². The maximum atomic E-state index is 13.8. The largest absolute Gasteiger partial charge is 0.336 e. The van der Waals surface area contributed by atoms with Gasteiger partial charge in [0.1, 0.15) is 5.82 Å². The third kappa shape index (κ3) is 3.74. The summed E-state index contributed by atoms with van der Waals surface area (Å²) in [4.78, 5) is 9.67. The number of imidazole rings is 1. The third-order valence-electron chi connectivity index (χ3n) is 7.26. The van der Waals surface area contributed by atoms with Crippen LogP contribution in [-0.2, 0) is 13.0 Å². The zero-order chi connectivity index (χ0) is 18.9. The zero-order valence-electron chi connectivity index (χ0n) is 16.6. The highest BCUT2D eigenvalue weighted by molar-refractivity contribution is 5.19. The van der Waals surface area contributed by atoms with Gasteiger partial charge in [0.05, 0.1) is 6.33 Å². The minimum absolute atomic E-state index is 0.105. The van der Waals surface area contributed by atoms with Gasteiger partial charge in [-0.05, 0) is 61.8 Å². The molecule has 3 aliphatic rings. The molecule has 4 atom stereocenters. The first-order valence-electron chi connectivity index (χ1n) is 10.9. The highest BCUT2D eigenvalue weighted by atomic mass is 19.1. The van der Waals surface area contributed by atoms with Gasteiger partial charge >= 0.3 is 0 Å². The molecule has 3 aliphatic heterocycles. The fourth-order valence-corrected chi connectivity index (χ4v) is 6.05. The first-order valence-corrected chi connectivity index (χ1v) is 10.9. The summed E-state index contributed by atoms with van der Waals surface area (Å²) in [5.41, 5.74) is 1.16. The van der Waals surface area contributed by atoms with E-state index < -0.39 is 0 Å². The first-order chi connectivity index (χ1) is 13.8. The molecule has 0 amide bonds. The van der Waals surface area contributed by atoms with E-state index in [4.69, 9.17) is 0 Å². The van der Waals surface area contributed by atoms with Gasteiger partial charge in [-0.25, -0.2) is 9.37 Å². The predicted octanol–water partition coefficient (Wildman–Crippen LogP) is 3.44. The molecule has 5 heteroatoms. The highest BCUT2D eigenvalue weighted by Crippen LogP contribution is 2.42. The van der Waals surface area contributed by atoms with Crippen molar-refractivity contribution in [3.8, 4) is 0 Å². The van der Waals surface area contributed by atoms with Crippen molar-refractivity contribution < 1.29 is 4.39 Å². The number of likely N-dealkylation sites (tertiary alicyclic amines) is 1. The van der Waals surface area contributed by atoms with E-state index in [9.17, 15) is 4.39 Å². The van der Waals surface area contributed by atoms with E-state index in [0.29, 0.717) is 12.0 Å². The van der Waals surface area contributed by atoms with E-state index in [1.54, 1.807) is 12.1 Å². The van der Waals surface area contributed by atoms with E-state index >= 15 is 0 Å². The number of rotatable bonds is 5. The molecule has 3 fully saturated rings. The minimum atomic E-state index is -0.105. The molecule has 2 bridgehead atoms. The fourth-order valence-electron chi connectivity index (χ4n) is 6.05. The topological polar surface area (TPSA) is 24.3 Å². The molecule has 0 N–H and O–H groups in total. The monoisotopic (exact) mass is 382 g/mol. The molecule has 5 rings (SSSR count). The number of hydrogen-bond acceptors (Lipinski definition) is 3. The Labute approximate surface area is 167 Å². The van der Waals surface area contributed by atoms with E-state index in [0.717, 1.165) is 37.0 Å². The number of hydrogen-bond donors (Lipinski definition) is 0. The summed E-state index contributed by atoms with van der Waals surface area (Å²) in [6.07, 6.45) is 12.2. The Bertz CT molecular complexity index is 777. The molecule has 28 heavy (non-hydrogen) atoms. The molecule has 2 aromatic rings. The van der Waals surface area contributed by atoms with Crippen molar-refractivity contribution in [2.75, 3.05) is 26.2 Å². The summed E-state index contributed by atoms with van der Waals surface area (Å²) in [6.45, 7) is 5.76. The van der Waals surface area contributed by atoms with Gasteiger partial charge in [-0.2, -0.15) is 0 Å². The smallest absolute Gasteiger partial charge is 0.123 e. The van der Waals surface area contributed by atoms with Crippen LogP contribution in [0.4, 0.5) is 4.39 Å². The second-order valence-corrected chi connectivity index (χ2v) is 9.02. The van der Waals surface area contributed by atoms with Crippen molar-refractivity contribution in [1.29, 1.82) is 0 Å². The molecule has 0 radical (unpaired) electrons. The highest BCUT2D eigenvalue weighted by Gasteiger charge is 2.46. The average Bonchev–Trinajstić information content (AvgIpc) is 3.23. The van der Waals surface area contributed by atoms with Gasteiger partial charge in [0.15, 0.2) is 0 Å². The molecule has 1 aromatic carbocycles. The maximum absolute atomic E-state index is 13.8. The lowest BCUT2D eigenvalue weighted by atomic mass is 9.71. The summed E-state index contributed by atoms with van der Waals surface area (Å²) in [5.74, 6) is 1.39. The number of fused-ring (bicyclic) bond motifs is 4. The van der Waals surface area contributed by atoms with Crippen LogP contribution in [-0.4, -0.2) is 57.6 Å². The number of halogens is 1. The summed E-state index contributed by atoms with van der Waals surface area (Å²) < 4.78 is 16.0. The molecule has 4 heterocycles. The molecule has 1 aromatic heterocycles. The van der Waals surface area contributed by atoms with Gasteiger partial charge in [-0.1, -0.05) is 18.6 Å².